The number of likely N-dealkylation sites (N-methyl/N-ethyl adjacent to an activating group) is 1. The van der Waals surface area contributed by atoms with Gasteiger partial charge in [0.15, 0.2) is 12.2 Å². The van der Waals surface area contributed by atoms with Gasteiger partial charge in [0.1, 0.15) is 0 Å². The first-order valence-corrected chi connectivity index (χ1v) is 9.47. The molecule has 1 N–H and O–H groups in total. The van der Waals surface area contributed by atoms with Crippen molar-refractivity contribution in [2.24, 2.45) is 0 Å². The molecular weight excluding hydrogens is 406 g/mol. The van der Waals surface area contributed by atoms with Crippen LogP contribution >= 0.6 is 0 Å². The minimum atomic E-state index is -1.44. The molecule has 0 saturated carbocycles. The van der Waals surface area contributed by atoms with Crippen molar-refractivity contribution in [3.05, 3.63) is 71.8 Å². The summed E-state index contributed by atoms with van der Waals surface area (Å²) in [5.74, 6) is -2.88. The maximum Gasteiger partial charge on any atom is 0.338 e. The second kappa shape index (κ2) is 9.86. The summed E-state index contributed by atoms with van der Waals surface area (Å²) < 4.78 is 21.6. The van der Waals surface area contributed by atoms with Crippen molar-refractivity contribution < 1.29 is 38.1 Å². The Morgan fingerprint density at radius 1 is 0.774 bits per heavy atom. The maximum atomic E-state index is 12.6. The molecule has 162 valence electrons. The van der Waals surface area contributed by atoms with Gasteiger partial charge in [0, 0.05) is 14.0 Å². The minimum Gasteiger partial charge on any atom is -0.451 e. The Morgan fingerprint density at radius 3 is 1.71 bits per heavy atom. The first kappa shape index (κ1) is 22.0. The van der Waals surface area contributed by atoms with Crippen molar-refractivity contribution in [3.63, 3.8) is 0 Å². The van der Waals surface area contributed by atoms with E-state index in [0.717, 1.165) is 6.92 Å². The lowest BCUT2D eigenvalue weighted by Crippen LogP contribution is -2.46. The van der Waals surface area contributed by atoms with E-state index in [-0.39, 0.29) is 11.1 Å². The second-order valence-electron chi connectivity index (χ2n) is 6.62. The number of amides is 1. The molecule has 31 heavy (non-hydrogen) atoms. The largest absolute Gasteiger partial charge is 0.451 e. The van der Waals surface area contributed by atoms with Gasteiger partial charge in [0.05, 0.1) is 11.1 Å². The van der Waals surface area contributed by atoms with Crippen molar-refractivity contribution in [1.82, 2.24) is 5.32 Å². The topological polar surface area (TPSA) is 117 Å². The van der Waals surface area contributed by atoms with Gasteiger partial charge in [-0.25, -0.2) is 9.59 Å². The highest BCUT2D eigenvalue weighted by atomic mass is 16.7. The molecule has 0 unspecified atom stereocenters. The quantitative estimate of drug-likeness (QED) is 0.544. The number of carbonyl (C=O) groups is 4. The van der Waals surface area contributed by atoms with Gasteiger partial charge >= 0.3 is 17.9 Å². The third-order valence-corrected chi connectivity index (χ3v) is 4.46. The van der Waals surface area contributed by atoms with Crippen LogP contribution in [0.4, 0.5) is 0 Å². The predicted molar refractivity (Wildman–Crippen MR) is 106 cm³/mol. The molecule has 1 aliphatic rings. The monoisotopic (exact) mass is 427 g/mol. The lowest BCUT2D eigenvalue weighted by Gasteiger charge is -2.23. The normalized spacial score (nSPS) is 22.3. The number of esters is 3. The number of hydrogen-bond acceptors (Lipinski definition) is 8. The molecule has 3 rings (SSSR count). The highest BCUT2D eigenvalue weighted by molar-refractivity contribution is 5.91. The summed E-state index contributed by atoms with van der Waals surface area (Å²) in [6, 6.07) is 16.1. The smallest absolute Gasteiger partial charge is 0.338 e. The molecule has 0 aromatic heterocycles. The first-order valence-electron chi connectivity index (χ1n) is 9.47. The van der Waals surface area contributed by atoms with Crippen molar-refractivity contribution in [1.29, 1.82) is 0 Å². The van der Waals surface area contributed by atoms with Crippen LogP contribution in [0.25, 0.3) is 0 Å². The zero-order valence-corrected chi connectivity index (χ0v) is 16.8. The lowest BCUT2D eigenvalue weighted by atomic mass is 10.1. The van der Waals surface area contributed by atoms with E-state index in [1.54, 1.807) is 36.4 Å². The number of benzene rings is 2. The van der Waals surface area contributed by atoms with Gasteiger partial charge in [-0.1, -0.05) is 36.4 Å². The van der Waals surface area contributed by atoms with E-state index >= 15 is 0 Å². The van der Waals surface area contributed by atoms with Gasteiger partial charge < -0.3 is 24.3 Å². The molecule has 1 fully saturated rings. The van der Waals surface area contributed by atoms with E-state index in [1.807, 2.05) is 0 Å². The Morgan fingerprint density at radius 2 is 1.26 bits per heavy atom. The van der Waals surface area contributed by atoms with Gasteiger partial charge in [-0.2, -0.15) is 0 Å². The molecule has 2 aromatic carbocycles. The number of carbonyl (C=O) groups excluding carboxylic acids is 4. The number of ether oxygens (including phenoxy) is 4. The number of hydrogen-bond donors (Lipinski definition) is 1. The number of rotatable bonds is 6. The van der Waals surface area contributed by atoms with Gasteiger partial charge in [-0.05, 0) is 24.3 Å². The van der Waals surface area contributed by atoms with E-state index in [4.69, 9.17) is 18.9 Å². The van der Waals surface area contributed by atoms with Crippen LogP contribution < -0.4 is 5.32 Å². The Labute approximate surface area is 178 Å². The minimum absolute atomic E-state index is 0.223. The molecule has 2 aromatic rings. The zero-order chi connectivity index (χ0) is 22.4. The average molecular weight is 427 g/mol. The van der Waals surface area contributed by atoms with E-state index < -0.39 is 48.4 Å². The predicted octanol–water partition coefficient (Wildman–Crippen LogP) is 1.47. The van der Waals surface area contributed by atoms with Gasteiger partial charge in [-0.3, -0.25) is 9.59 Å². The highest BCUT2D eigenvalue weighted by Gasteiger charge is 2.54. The first-order chi connectivity index (χ1) is 14.9. The van der Waals surface area contributed by atoms with Crippen LogP contribution in [-0.4, -0.2) is 55.5 Å². The van der Waals surface area contributed by atoms with Crippen LogP contribution in [0.2, 0.25) is 0 Å². The summed E-state index contributed by atoms with van der Waals surface area (Å²) in [7, 11) is 1.37. The summed E-state index contributed by atoms with van der Waals surface area (Å²) in [6.07, 6.45) is -5.53. The molecule has 0 aliphatic carbocycles. The molecular formula is C22H21NO8. The fraction of sp³-hybridized carbons (Fsp3) is 0.273. The van der Waals surface area contributed by atoms with E-state index in [1.165, 1.54) is 31.3 Å². The van der Waals surface area contributed by atoms with Crippen molar-refractivity contribution in [2.75, 3.05) is 7.05 Å². The second-order valence-corrected chi connectivity index (χ2v) is 6.62. The van der Waals surface area contributed by atoms with Crippen molar-refractivity contribution in [2.45, 2.75) is 31.5 Å². The lowest BCUT2D eigenvalue weighted by molar-refractivity contribution is -0.187. The fourth-order valence-electron chi connectivity index (χ4n) is 3.02. The van der Waals surface area contributed by atoms with Gasteiger partial charge in [0.25, 0.3) is 5.91 Å². The van der Waals surface area contributed by atoms with Crippen LogP contribution in [0, 0.1) is 0 Å². The van der Waals surface area contributed by atoms with Gasteiger partial charge in [0.2, 0.25) is 12.4 Å². The molecule has 1 aliphatic heterocycles. The third kappa shape index (κ3) is 5.26. The molecule has 1 amide bonds. The zero-order valence-electron chi connectivity index (χ0n) is 16.8. The molecule has 0 bridgehead atoms. The molecule has 9 heteroatoms. The van der Waals surface area contributed by atoms with Gasteiger partial charge in [-0.15, -0.1) is 0 Å². The maximum absolute atomic E-state index is 12.6. The van der Waals surface area contributed by atoms with Crippen molar-refractivity contribution >= 4 is 23.8 Å². The molecule has 4 atom stereocenters. The molecule has 0 spiro atoms. The fourth-order valence-corrected chi connectivity index (χ4v) is 3.02. The van der Waals surface area contributed by atoms with E-state index in [2.05, 4.69) is 5.32 Å². The number of nitrogens with one attached hydrogen (secondary N) is 1. The van der Waals surface area contributed by atoms with Crippen LogP contribution in [0.15, 0.2) is 60.7 Å². The Kier molecular flexibility index (Phi) is 6.99. The van der Waals surface area contributed by atoms with Crippen LogP contribution in [0.5, 0.6) is 0 Å². The Balaban J connectivity index is 1.90. The van der Waals surface area contributed by atoms with Crippen LogP contribution in [0.1, 0.15) is 27.6 Å². The summed E-state index contributed by atoms with van der Waals surface area (Å²) in [6.45, 7) is 1.14. The third-order valence-electron chi connectivity index (χ3n) is 4.46. The molecule has 0 radical (unpaired) electrons. The Bertz CT molecular complexity index is 946. The summed E-state index contributed by atoms with van der Waals surface area (Å²) >= 11 is 0. The van der Waals surface area contributed by atoms with Crippen LogP contribution in [-0.2, 0) is 28.5 Å². The van der Waals surface area contributed by atoms with E-state index in [0.29, 0.717) is 0 Å². The van der Waals surface area contributed by atoms with Crippen LogP contribution in [0.3, 0.4) is 0 Å². The SMILES string of the molecule is CNC(=O)[C@H]1O[C@@H](OC(C)=O)[C@H](OC(=O)c2ccccc2)[C@@H]1OC(=O)c1ccccc1. The Hall–Kier alpha value is -3.72. The molecule has 9 nitrogen and oxygen atoms in total. The summed E-state index contributed by atoms with van der Waals surface area (Å²) in [5.41, 5.74) is 0.447. The standard InChI is InChI=1S/C22H21NO8/c1-13(24)28-22-18(30-21(27)15-11-7-4-8-12-15)16(17(31-22)19(25)23-2)29-20(26)14-9-5-3-6-10-14/h3-12,16-18,22H,1-2H3,(H,23,25)/t16-,17+,18-,22-/m1/s1. The summed E-state index contributed by atoms with van der Waals surface area (Å²) in [4.78, 5) is 49.2. The van der Waals surface area contributed by atoms with E-state index in [9.17, 15) is 19.2 Å². The van der Waals surface area contributed by atoms with Crippen molar-refractivity contribution in [3.8, 4) is 0 Å². The average Bonchev–Trinajstić information content (AvgIpc) is 3.10. The molecule has 1 heterocycles. The summed E-state index contributed by atoms with van der Waals surface area (Å²) in [5, 5.41) is 2.39. The highest BCUT2D eigenvalue weighted by Crippen LogP contribution is 2.29. The molecule has 1 saturated heterocycles.